The van der Waals surface area contributed by atoms with E-state index in [1.54, 1.807) is 73.8 Å². The third-order valence-corrected chi connectivity index (χ3v) is 5.65. The highest BCUT2D eigenvalue weighted by molar-refractivity contribution is 5.96. The number of carbonyl (C=O) groups is 2. The van der Waals surface area contributed by atoms with E-state index in [4.69, 9.17) is 4.74 Å². The van der Waals surface area contributed by atoms with Crippen LogP contribution in [-0.4, -0.2) is 28.5 Å². The van der Waals surface area contributed by atoms with E-state index in [1.165, 1.54) is 11.5 Å². The molecule has 8 nitrogen and oxygen atoms in total. The van der Waals surface area contributed by atoms with Gasteiger partial charge in [0.25, 0.3) is 5.56 Å². The summed E-state index contributed by atoms with van der Waals surface area (Å²) >= 11 is 0. The Hall–Kier alpha value is -4.46. The van der Waals surface area contributed by atoms with Gasteiger partial charge >= 0.3 is 0 Å². The number of anilines is 2. The fourth-order valence-corrected chi connectivity index (χ4v) is 4.01. The molecule has 4 aromatic rings. The molecule has 0 saturated carbocycles. The van der Waals surface area contributed by atoms with Crippen LogP contribution < -0.4 is 20.9 Å². The number of nitrogens with one attached hydrogen (secondary N) is 2. The van der Waals surface area contributed by atoms with Crippen LogP contribution in [0.1, 0.15) is 26.3 Å². The summed E-state index contributed by atoms with van der Waals surface area (Å²) in [5.74, 6) is 0.0925. The van der Waals surface area contributed by atoms with Gasteiger partial charge in [0.1, 0.15) is 17.5 Å². The topological polar surface area (TPSA) is 102 Å². The first-order valence-corrected chi connectivity index (χ1v) is 11.3. The number of aromatic nitrogens is 2. The number of methoxy groups -OCH3 is 1. The summed E-state index contributed by atoms with van der Waals surface area (Å²) in [5.41, 5.74) is 2.41. The van der Waals surface area contributed by atoms with Gasteiger partial charge in [-0.05, 0) is 48.9 Å². The second-order valence-corrected chi connectivity index (χ2v) is 7.99. The van der Waals surface area contributed by atoms with Crippen molar-refractivity contribution in [3.63, 3.8) is 0 Å². The molecule has 0 aliphatic carbocycles. The molecule has 4 rings (SSSR count). The van der Waals surface area contributed by atoms with Crippen LogP contribution in [0.15, 0.2) is 77.6 Å². The van der Waals surface area contributed by atoms with E-state index in [0.717, 1.165) is 0 Å². The molecule has 8 heteroatoms. The number of nitrogens with zero attached hydrogens (tertiary/aromatic N) is 2. The van der Waals surface area contributed by atoms with Crippen molar-refractivity contribution >= 4 is 34.2 Å². The summed E-state index contributed by atoms with van der Waals surface area (Å²) in [6.07, 6.45) is 0.378. The lowest BCUT2D eigenvalue weighted by atomic mass is 10.1. The van der Waals surface area contributed by atoms with Gasteiger partial charge in [0.05, 0.1) is 23.8 Å². The van der Waals surface area contributed by atoms with Crippen molar-refractivity contribution < 1.29 is 14.3 Å². The summed E-state index contributed by atoms with van der Waals surface area (Å²) in [4.78, 5) is 43.6. The Morgan fingerprint density at radius 2 is 1.66 bits per heavy atom. The van der Waals surface area contributed by atoms with E-state index in [2.05, 4.69) is 15.6 Å². The maximum absolute atomic E-state index is 13.9. The third-order valence-electron chi connectivity index (χ3n) is 5.65. The number of benzene rings is 3. The molecule has 0 aliphatic rings. The van der Waals surface area contributed by atoms with Crippen molar-refractivity contribution in [3.8, 4) is 17.0 Å². The lowest BCUT2D eigenvalue weighted by Crippen LogP contribution is -2.34. The Kier molecular flexibility index (Phi) is 6.91. The lowest BCUT2D eigenvalue weighted by Gasteiger charge is -2.21. The van der Waals surface area contributed by atoms with E-state index < -0.39 is 11.6 Å². The summed E-state index contributed by atoms with van der Waals surface area (Å²) in [5, 5.41) is 5.66. The summed E-state index contributed by atoms with van der Waals surface area (Å²) in [7, 11) is 1.57. The molecular weight excluding hydrogens is 444 g/mol. The number of ether oxygens (including phenoxy) is 1. The number of para-hydroxylation sites is 3. The Morgan fingerprint density at radius 3 is 2.34 bits per heavy atom. The number of carbonyl (C=O) groups excluding carboxylic acids is 2. The van der Waals surface area contributed by atoms with Crippen molar-refractivity contribution in [2.24, 2.45) is 0 Å². The minimum atomic E-state index is -0.788. The number of rotatable bonds is 7. The molecule has 2 amide bonds. The maximum atomic E-state index is 13.9. The zero-order chi connectivity index (χ0) is 24.9. The molecule has 1 atom stereocenters. The second-order valence-electron chi connectivity index (χ2n) is 7.99. The van der Waals surface area contributed by atoms with Crippen LogP contribution >= 0.6 is 0 Å². The van der Waals surface area contributed by atoms with E-state index >= 15 is 0 Å². The predicted octanol–water partition coefficient (Wildman–Crippen LogP) is 4.62. The maximum Gasteiger partial charge on any atom is 0.278 e. The zero-order valence-electron chi connectivity index (χ0n) is 19.7. The summed E-state index contributed by atoms with van der Waals surface area (Å²) < 4.78 is 6.66. The van der Waals surface area contributed by atoms with Gasteiger partial charge in [-0.3, -0.25) is 19.0 Å². The van der Waals surface area contributed by atoms with Crippen LogP contribution in [0.4, 0.5) is 11.4 Å². The average molecular weight is 471 g/mol. The van der Waals surface area contributed by atoms with Gasteiger partial charge in [0.15, 0.2) is 0 Å². The highest BCUT2D eigenvalue weighted by Gasteiger charge is 2.25. The molecule has 0 radical (unpaired) electrons. The second kappa shape index (κ2) is 10.2. The molecule has 3 aromatic carbocycles. The fraction of sp³-hybridized carbons (Fsp3) is 0.185. The molecule has 2 N–H and O–H groups in total. The van der Waals surface area contributed by atoms with Crippen LogP contribution in [0.25, 0.3) is 22.3 Å². The number of amides is 2. The molecule has 0 unspecified atom stereocenters. The first kappa shape index (κ1) is 23.7. The molecule has 178 valence electrons. The van der Waals surface area contributed by atoms with Gasteiger partial charge in [-0.25, -0.2) is 4.98 Å². The van der Waals surface area contributed by atoms with Gasteiger partial charge < -0.3 is 15.4 Å². The fourth-order valence-electron chi connectivity index (χ4n) is 4.01. The van der Waals surface area contributed by atoms with Gasteiger partial charge in [-0.1, -0.05) is 37.3 Å². The summed E-state index contributed by atoms with van der Waals surface area (Å²) in [6.45, 7) is 3.25. The van der Waals surface area contributed by atoms with Gasteiger partial charge in [-0.2, -0.15) is 0 Å². The van der Waals surface area contributed by atoms with E-state index in [-0.39, 0.29) is 17.5 Å². The first-order chi connectivity index (χ1) is 16.9. The number of hydrogen-bond donors (Lipinski definition) is 2. The molecule has 1 heterocycles. The van der Waals surface area contributed by atoms with Crippen LogP contribution in [0.3, 0.4) is 0 Å². The Balaban J connectivity index is 1.85. The van der Waals surface area contributed by atoms with Crippen molar-refractivity contribution in [1.82, 2.24) is 9.55 Å². The van der Waals surface area contributed by atoms with Gasteiger partial charge in [-0.15, -0.1) is 0 Å². The SMILES string of the molecule is CC[C@@H](C(=O)Nc1ccc(OC)cc1)n1c(=O)c(-c2ccccc2NC(C)=O)nc2ccccc21. The molecule has 0 aliphatic heterocycles. The third kappa shape index (κ3) is 4.91. The highest BCUT2D eigenvalue weighted by Crippen LogP contribution is 2.27. The minimum absolute atomic E-state index is 0.156. The smallest absolute Gasteiger partial charge is 0.278 e. The largest absolute Gasteiger partial charge is 0.497 e. The molecule has 0 fully saturated rings. The van der Waals surface area contributed by atoms with Gasteiger partial charge in [0, 0.05) is 18.2 Å². The minimum Gasteiger partial charge on any atom is -0.497 e. The Labute approximate surface area is 202 Å². The quantitative estimate of drug-likeness (QED) is 0.410. The molecular formula is C27H26N4O4. The highest BCUT2D eigenvalue weighted by atomic mass is 16.5. The number of hydrogen-bond acceptors (Lipinski definition) is 5. The number of fused-ring (bicyclic) bond motifs is 1. The standard InChI is InChI=1S/C27H26N4O4/c1-4-23(26(33)29-18-13-15-19(35-3)16-14-18)31-24-12-8-7-11-22(24)30-25(27(31)34)20-9-5-6-10-21(20)28-17(2)32/h5-16,23H,4H2,1-3H3,(H,28,32)(H,29,33)/t23-/m0/s1. The van der Waals surface area contributed by atoms with Crippen LogP contribution in [-0.2, 0) is 9.59 Å². The van der Waals surface area contributed by atoms with Crippen molar-refractivity contribution in [2.75, 3.05) is 17.7 Å². The molecule has 0 saturated heterocycles. The average Bonchev–Trinajstić information content (AvgIpc) is 2.86. The van der Waals surface area contributed by atoms with Crippen LogP contribution in [0, 0.1) is 0 Å². The van der Waals surface area contributed by atoms with E-state index in [0.29, 0.717) is 40.1 Å². The molecule has 0 bridgehead atoms. The molecule has 35 heavy (non-hydrogen) atoms. The summed E-state index contributed by atoms with van der Waals surface area (Å²) in [6, 6.07) is 20.4. The Morgan fingerprint density at radius 1 is 0.971 bits per heavy atom. The van der Waals surface area contributed by atoms with E-state index in [1.807, 2.05) is 13.0 Å². The molecule has 0 spiro atoms. The molecule has 1 aromatic heterocycles. The van der Waals surface area contributed by atoms with Crippen molar-refractivity contribution in [2.45, 2.75) is 26.3 Å². The van der Waals surface area contributed by atoms with E-state index in [9.17, 15) is 14.4 Å². The first-order valence-electron chi connectivity index (χ1n) is 11.3. The monoisotopic (exact) mass is 470 g/mol. The zero-order valence-corrected chi connectivity index (χ0v) is 19.7. The van der Waals surface area contributed by atoms with Crippen molar-refractivity contribution in [3.05, 3.63) is 83.2 Å². The predicted molar refractivity (Wildman–Crippen MR) is 137 cm³/mol. The normalized spacial score (nSPS) is 11.6. The van der Waals surface area contributed by atoms with Crippen LogP contribution in [0.5, 0.6) is 5.75 Å². The van der Waals surface area contributed by atoms with Crippen LogP contribution in [0.2, 0.25) is 0 Å². The lowest BCUT2D eigenvalue weighted by molar-refractivity contribution is -0.119. The van der Waals surface area contributed by atoms with Crippen molar-refractivity contribution in [1.29, 1.82) is 0 Å². The Bertz CT molecular complexity index is 1440. The van der Waals surface area contributed by atoms with Gasteiger partial charge in [0.2, 0.25) is 11.8 Å².